The van der Waals surface area contributed by atoms with E-state index >= 15 is 0 Å². The van der Waals surface area contributed by atoms with Crippen molar-refractivity contribution in [3.05, 3.63) is 39.7 Å². The zero-order chi connectivity index (χ0) is 18.1. The van der Waals surface area contributed by atoms with Crippen LogP contribution in [0.5, 0.6) is 11.5 Å². The molecule has 1 aromatic carbocycles. The van der Waals surface area contributed by atoms with Crippen molar-refractivity contribution in [3.8, 4) is 11.5 Å². The lowest BCUT2D eigenvalue weighted by Crippen LogP contribution is -2.17. The number of H-pyrrole nitrogens is 1. The molecule has 0 radical (unpaired) electrons. The highest BCUT2D eigenvalue weighted by Gasteiger charge is 2.31. The van der Waals surface area contributed by atoms with Gasteiger partial charge in [-0.1, -0.05) is 6.07 Å². The molecule has 1 amide bonds. The summed E-state index contributed by atoms with van der Waals surface area (Å²) >= 11 is 1.42. The molecule has 0 fully saturated rings. The molecule has 25 heavy (non-hydrogen) atoms. The van der Waals surface area contributed by atoms with E-state index in [0.29, 0.717) is 22.9 Å². The Labute approximate surface area is 149 Å². The standard InChI is InChI=1S/C17H21N3O4S/c1-9(2)20-16-14(17(22)19-20)15(25-8-13(21)18-16)10-5-6-11(23-3)12(7-10)24-4/h5-7,9,15H,8H2,1-4H3,(H,18,21)(H,19,22)/t15-/m0/s1. The number of ether oxygens (including phenoxy) is 2. The van der Waals surface area contributed by atoms with E-state index in [1.54, 1.807) is 18.9 Å². The normalized spacial score (nSPS) is 17.0. The largest absolute Gasteiger partial charge is 0.493 e. The number of thioether (sulfide) groups is 1. The lowest BCUT2D eigenvalue weighted by Gasteiger charge is -2.16. The molecule has 0 aliphatic carbocycles. The summed E-state index contributed by atoms with van der Waals surface area (Å²) in [5.74, 6) is 1.89. The van der Waals surface area contributed by atoms with Crippen LogP contribution in [0.3, 0.4) is 0 Å². The highest BCUT2D eigenvalue weighted by molar-refractivity contribution is 8.00. The predicted molar refractivity (Wildman–Crippen MR) is 97.9 cm³/mol. The van der Waals surface area contributed by atoms with E-state index in [9.17, 15) is 9.59 Å². The summed E-state index contributed by atoms with van der Waals surface area (Å²) in [7, 11) is 3.15. The van der Waals surface area contributed by atoms with Crippen LogP contribution < -0.4 is 20.3 Å². The topological polar surface area (TPSA) is 85.4 Å². The van der Waals surface area contributed by atoms with Crippen LogP contribution in [-0.4, -0.2) is 35.7 Å². The number of aromatic nitrogens is 2. The Balaban J connectivity index is 2.16. The average molecular weight is 363 g/mol. The molecule has 2 N–H and O–H groups in total. The number of methoxy groups -OCH3 is 2. The van der Waals surface area contributed by atoms with Crippen LogP contribution in [0.2, 0.25) is 0 Å². The molecular weight excluding hydrogens is 342 g/mol. The molecule has 1 aliphatic rings. The van der Waals surface area contributed by atoms with E-state index in [1.807, 2.05) is 32.0 Å². The molecule has 0 saturated heterocycles. The van der Waals surface area contributed by atoms with Crippen molar-refractivity contribution < 1.29 is 14.3 Å². The number of hydrogen-bond acceptors (Lipinski definition) is 5. The zero-order valence-corrected chi connectivity index (χ0v) is 15.4. The molecule has 0 spiro atoms. The third kappa shape index (κ3) is 3.13. The van der Waals surface area contributed by atoms with Gasteiger partial charge in [-0.25, -0.2) is 0 Å². The molecule has 134 valence electrons. The quantitative estimate of drug-likeness (QED) is 0.872. The number of nitrogens with one attached hydrogen (secondary N) is 2. The second-order valence-corrected chi connectivity index (χ2v) is 7.11. The van der Waals surface area contributed by atoms with Gasteiger partial charge in [0.15, 0.2) is 11.5 Å². The molecule has 2 aromatic rings. The number of rotatable bonds is 4. The fourth-order valence-corrected chi connectivity index (χ4v) is 4.02. The van der Waals surface area contributed by atoms with E-state index in [4.69, 9.17) is 9.47 Å². The number of carbonyl (C=O) groups excluding carboxylic acids is 1. The van der Waals surface area contributed by atoms with E-state index in [-0.39, 0.29) is 28.5 Å². The van der Waals surface area contributed by atoms with E-state index in [0.717, 1.165) is 5.56 Å². The van der Waals surface area contributed by atoms with Gasteiger partial charge in [-0.05, 0) is 31.5 Å². The Hall–Kier alpha value is -2.35. The first-order valence-corrected chi connectivity index (χ1v) is 8.99. The second kappa shape index (κ2) is 6.87. The summed E-state index contributed by atoms with van der Waals surface area (Å²) in [5.41, 5.74) is 1.24. The third-order valence-corrected chi connectivity index (χ3v) is 5.36. The Kier molecular flexibility index (Phi) is 4.80. The number of amides is 1. The minimum Gasteiger partial charge on any atom is -0.493 e. The van der Waals surface area contributed by atoms with Crippen LogP contribution in [0.1, 0.15) is 36.3 Å². The Morgan fingerprint density at radius 3 is 2.56 bits per heavy atom. The maximum absolute atomic E-state index is 12.6. The summed E-state index contributed by atoms with van der Waals surface area (Å²) in [6, 6.07) is 5.57. The van der Waals surface area contributed by atoms with Gasteiger partial charge in [0.2, 0.25) is 5.91 Å². The van der Waals surface area contributed by atoms with Crippen molar-refractivity contribution in [3.63, 3.8) is 0 Å². The number of nitrogens with zero attached hydrogens (tertiary/aromatic N) is 1. The van der Waals surface area contributed by atoms with E-state index in [2.05, 4.69) is 10.4 Å². The van der Waals surface area contributed by atoms with Crippen molar-refractivity contribution in [2.24, 2.45) is 0 Å². The van der Waals surface area contributed by atoms with E-state index < -0.39 is 0 Å². The Morgan fingerprint density at radius 2 is 1.92 bits per heavy atom. The summed E-state index contributed by atoms with van der Waals surface area (Å²) in [6.07, 6.45) is 0. The highest BCUT2D eigenvalue weighted by atomic mass is 32.2. The first kappa shape index (κ1) is 17.5. The Morgan fingerprint density at radius 1 is 1.20 bits per heavy atom. The number of hydrogen-bond donors (Lipinski definition) is 2. The SMILES string of the molecule is COc1ccc([C@@H]2SCC(=O)Nc3c2c(=O)[nH]n3C(C)C)cc1OC. The first-order chi connectivity index (χ1) is 12.0. The number of carbonyl (C=O) groups is 1. The van der Waals surface area contributed by atoms with Crippen molar-refractivity contribution in [2.75, 3.05) is 25.3 Å². The van der Waals surface area contributed by atoms with Crippen molar-refractivity contribution >= 4 is 23.5 Å². The molecule has 2 heterocycles. The van der Waals surface area contributed by atoms with Crippen LogP contribution in [0, 0.1) is 0 Å². The minimum atomic E-state index is -0.280. The van der Waals surface area contributed by atoms with Crippen molar-refractivity contribution in [2.45, 2.75) is 25.1 Å². The number of fused-ring (bicyclic) bond motifs is 1. The number of benzene rings is 1. The van der Waals surface area contributed by atoms with Gasteiger partial charge >= 0.3 is 0 Å². The fourth-order valence-electron chi connectivity index (χ4n) is 2.91. The summed E-state index contributed by atoms with van der Waals surface area (Å²) < 4.78 is 12.4. The summed E-state index contributed by atoms with van der Waals surface area (Å²) in [5, 5.41) is 5.41. The molecule has 0 saturated carbocycles. The monoisotopic (exact) mass is 363 g/mol. The van der Waals surface area contributed by atoms with Crippen LogP contribution in [0.4, 0.5) is 5.82 Å². The van der Waals surface area contributed by atoms with Crippen molar-refractivity contribution in [1.82, 2.24) is 9.78 Å². The summed E-state index contributed by atoms with van der Waals surface area (Å²) in [4.78, 5) is 24.7. The van der Waals surface area contributed by atoms with Gasteiger partial charge in [-0.2, -0.15) is 0 Å². The average Bonchev–Trinajstić information content (AvgIpc) is 2.81. The second-order valence-electron chi connectivity index (χ2n) is 6.02. The zero-order valence-electron chi connectivity index (χ0n) is 14.6. The minimum absolute atomic E-state index is 0.0194. The number of anilines is 1. The van der Waals surface area contributed by atoms with Crippen LogP contribution in [-0.2, 0) is 4.79 Å². The lowest BCUT2D eigenvalue weighted by atomic mass is 10.1. The van der Waals surface area contributed by atoms with Gasteiger partial charge in [0.25, 0.3) is 5.56 Å². The molecule has 1 aliphatic heterocycles. The molecule has 7 nitrogen and oxygen atoms in total. The van der Waals surface area contributed by atoms with Crippen LogP contribution in [0.15, 0.2) is 23.0 Å². The summed E-state index contributed by atoms with van der Waals surface area (Å²) in [6.45, 7) is 3.90. The van der Waals surface area contributed by atoms with Crippen LogP contribution >= 0.6 is 11.8 Å². The molecular formula is C17H21N3O4S. The third-order valence-electron chi connectivity index (χ3n) is 4.09. The maximum atomic E-state index is 12.6. The Bertz CT molecular complexity index is 856. The molecule has 0 unspecified atom stereocenters. The van der Waals surface area contributed by atoms with Gasteiger partial charge in [-0.15, -0.1) is 11.8 Å². The first-order valence-electron chi connectivity index (χ1n) is 7.94. The van der Waals surface area contributed by atoms with E-state index in [1.165, 1.54) is 11.8 Å². The van der Waals surface area contributed by atoms with Gasteiger partial charge in [-0.3, -0.25) is 19.4 Å². The molecule has 3 rings (SSSR count). The lowest BCUT2D eigenvalue weighted by molar-refractivity contribution is -0.113. The fraction of sp³-hybridized carbons (Fsp3) is 0.412. The highest BCUT2D eigenvalue weighted by Crippen LogP contribution is 2.42. The van der Waals surface area contributed by atoms with Crippen molar-refractivity contribution in [1.29, 1.82) is 0 Å². The van der Waals surface area contributed by atoms with Gasteiger partial charge in [0.05, 0.1) is 30.8 Å². The molecule has 8 heteroatoms. The molecule has 0 bridgehead atoms. The van der Waals surface area contributed by atoms with Gasteiger partial charge in [0.1, 0.15) is 5.82 Å². The maximum Gasteiger partial charge on any atom is 0.270 e. The van der Waals surface area contributed by atoms with Crippen LogP contribution in [0.25, 0.3) is 0 Å². The van der Waals surface area contributed by atoms with Gasteiger partial charge in [0, 0.05) is 6.04 Å². The smallest absolute Gasteiger partial charge is 0.270 e. The molecule has 1 atom stereocenters. The number of aromatic amines is 1. The van der Waals surface area contributed by atoms with Gasteiger partial charge < -0.3 is 14.8 Å². The predicted octanol–water partition coefficient (Wildman–Crippen LogP) is 2.55. The molecule has 1 aromatic heterocycles.